The molecular weight excluding hydrogens is 294 g/mol. The van der Waals surface area contributed by atoms with Crippen LogP contribution in [0.25, 0.3) is 0 Å². The van der Waals surface area contributed by atoms with Crippen molar-refractivity contribution in [2.45, 2.75) is 13.8 Å². The van der Waals surface area contributed by atoms with Crippen LogP contribution in [0.2, 0.25) is 0 Å². The van der Waals surface area contributed by atoms with Crippen LogP contribution in [0, 0.1) is 34.5 Å². The summed E-state index contributed by atoms with van der Waals surface area (Å²) in [6.45, 7) is 3.61. The molecule has 0 fully saturated rings. The third-order valence-electron chi connectivity index (χ3n) is 2.45. The van der Waals surface area contributed by atoms with Gasteiger partial charge in [-0.15, -0.1) is 0 Å². The molecule has 1 rings (SSSR count). The van der Waals surface area contributed by atoms with Gasteiger partial charge >= 0.3 is 0 Å². The number of nitriles is 2. The Hall–Kier alpha value is -1.85. The normalized spacial score (nSPS) is 11.4. The van der Waals surface area contributed by atoms with Gasteiger partial charge in [-0.2, -0.15) is 10.5 Å². The Bertz CT molecular complexity index is 540. The number of nitrogens with one attached hydrogen (secondary N) is 1. The molecule has 0 aliphatic rings. The van der Waals surface area contributed by atoms with E-state index >= 15 is 0 Å². The van der Waals surface area contributed by atoms with Crippen LogP contribution in [0.4, 0.5) is 5.69 Å². The summed E-state index contributed by atoms with van der Waals surface area (Å²) in [5.74, 6) is -1.19. The first kappa shape index (κ1) is 14.2. The summed E-state index contributed by atoms with van der Waals surface area (Å²) in [5.41, 5.74) is 0.782. The average Bonchev–Trinajstić information content (AvgIpc) is 2.29. The minimum Gasteiger partial charge on any atom is -0.324 e. The van der Waals surface area contributed by atoms with E-state index in [4.69, 9.17) is 10.5 Å². The van der Waals surface area contributed by atoms with E-state index in [-0.39, 0.29) is 11.8 Å². The Balaban J connectivity index is 2.99. The van der Waals surface area contributed by atoms with Crippen LogP contribution in [0.5, 0.6) is 0 Å². The highest BCUT2D eigenvalue weighted by Crippen LogP contribution is 2.22. The number of hydrogen-bond acceptors (Lipinski definition) is 3. The van der Waals surface area contributed by atoms with Crippen LogP contribution in [-0.2, 0) is 4.79 Å². The number of hydrogen-bond donors (Lipinski definition) is 1. The summed E-state index contributed by atoms with van der Waals surface area (Å²) in [6, 6.07) is 8.94. The predicted octanol–water partition coefficient (Wildman–Crippen LogP) is 3.06. The molecule has 4 nitrogen and oxygen atoms in total. The second-order valence-electron chi connectivity index (χ2n) is 4.14. The summed E-state index contributed by atoms with van der Waals surface area (Å²) in [5, 5.41) is 20.5. The number of nitrogens with zero attached hydrogens (tertiary/aromatic N) is 2. The molecule has 0 aliphatic carbocycles. The van der Waals surface area contributed by atoms with Gasteiger partial charge in [0.15, 0.2) is 0 Å². The van der Waals surface area contributed by atoms with Crippen molar-refractivity contribution in [1.82, 2.24) is 0 Å². The van der Waals surface area contributed by atoms with E-state index < -0.39 is 5.92 Å². The monoisotopic (exact) mass is 305 g/mol. The topological polar surface area (TPSA) is 76.7 Å². The molecule has 0 aliphatic heterocycles. The van der Waals surface area contributed by atoms with E-state index in [2.05, 4.69) is 21.2 Å². The van der Waals surface area contributed by atoms with Crippen molar-refractivity contribution >= 4 is 27.5 Å². The molecule has 1 unspecified atom stereocenters. The number of carbonyl (C=O) groups is 1. The van der Waals surface area contributed by atoms with Crippen LogP contribution in [-0.4, -0.2) is 5.91 Å². The zero-order valence-corrected chi connectivity index (χ0v) is 11.7. The van der Waals surface area contributed by atoms with E-state index in [1.165, 1.54) is 0 Å². The first-order valence-electron chi connectivity index (χ1n) is 5.39. The molecule has 1 N–H and O–H groups in total. The zero-order chi connectivity index (χ0) is 13.7. The summed E-state index contributed by atoms with van der Waals surface area (Å²) in [7, 11) is 0. The number of amides is 1. The van der Waals surface area contributed by atoms with Gasteiger partial charge in [-0.25, -0.2) is 0 Å². The number of rotatable bonds is 3. The Morgan fingerprint density at radius 3 is 2.56 bits per heavy atom. The molecule has 1 aromatic carbocycles. The van der Waals surface area contributed by atoms with Crippen LogP contribution < -0.4 is 5.32 Å². The Morgan fingerprint density at radius 1 is 1.39 bits per heavy atom. The molecule has 1 aromatic rings. The van der Waals surface area contributed by atoms with Crippen LogP contribution in [0.1, 0.15) is 19.4 Å². The number of carbonyl (C=O) groups excluding carboxylic acids is 1. The SMILES string of the molecule is CC(C)C(C#N)C(=O)Nc1cc(Br)ccc1C#N. The highest BCUT2D eigenvalue weighted by molar-refractivity contribution is 9.10. The van der Waals surface area contributed by atoms with Gasteiger partial charge in [0.25, 0.3) is 0 Å². The van der Waals surface area contributed by atoms with E-state index in [1.54, 1.807) is 32.0 Å². The highest BCUT2D eigenvalue weighted by Gasteiger charge is 2.22. The van der Waals surface area contributed by atoms with Crippen molar-refractivity contribution in [3.63, 3.8) is 0 Å². The maximum atomic E-state index is 11.9. The van der Waals surface area contributed by atoms with Crippen LogP contribution in [0.15, 0.2) is 22.7 Å². The molecule has 0 aromatic heterocycles. The quantitative estimate of drug-likeness (QED) is 0.932. The molecule has 0 heterocycles. The van der Waals surface area contributed by atoms with E-state index in [0.717, 1.165) is 4.47 Å². The lowest BCUT2D eigenvalue weighted by atomic mass is 9.96. The summed E-state index contributed by atoms with van der Waals surface area (Å²) in [4.78, 5) is 11.9. The van der Waals surface area contributed by atoms with Crippen molar-refractivity contribution in [2.75, 3.05) is 5.32 Å². The number of anilines is 1. The molecular formula is C13H12BrN3O. The standard InChI is InChI=1S/C13H12BrN3O/c1-8(2)11(7-16)13(18)17-12-5-10(14)4-3-9(12)6-15/h3-5,8,11H,1-2H3,(H,17,18). The lowest BCUT2D eigenvalue weighted by Gasteiger charge is -2.14. The molecule has 1 amide bonds. The van der Waals surface area contributed by atoms with Crippen molar-refractivity contribution in [2.24, 2.45) is 11.8 Å². The lowest BCUT2D eigenvalue weighted by molar-refractivity contribution is -0.119. The molecule has 0 saturated heterocycles. The Morgan fingerprint density at radius 2 is 2.06 bits per heavy atom. The second-order valence-corrected chi connectivity index (χ2v) is 5.06. The minimum absolute atomic E-state index is 0.0762. The fraction of sp³-hybridized carbons (Fsp3) is 0.308. The maximum Gasteiger partial charge on any atom is 0.242 e. The lowest BCUT2D eigenvalue weighted by Crippen LogP contribution is -2.26. The summed E-state index contributed by atoms with van der Waals surface area (Å²) in [6.07, 6.45) is 0. The van der Waals surface area contributed by atoms with Gasteiger partial charge in [0.2, 0.25) is 5.91 Å². The number of benzene rings is 1. The minimum atomic E-state index is -0.726. The molecule has 0 radical (unpaired) electrons. The first-order chi connectivity index (χ1) is 8.49. The van der Waals surface area contributed by atoms with E-state index in [9.17, 15) is 4.79 Å². The van der Waals surface area contributed by atoms with Crippen molar-refractivity contribution < 1.29 is 4.79 Å². The van der Waals surface area contributed by atoms with Crippen LogP contribution >= 0.6 is 15.9 Å². The van der Waals surface area contributed by atoms with E-state index in [0.29, 0.717) is 11.3 Å². The molecule has 18 heavy (non-hydrogen) atoms. The highest BCUT2D eigenvalue weighted by atomic mass is 79.9. The third-order valence-corrected chi connectivity index (χ3v) is 2.94. The van der Waals surface area contributed by atoms with Crippen molar-refractivity contribution in [3.8, 4) is 12.1 Å². The van der Waals surface area contributed by atoms with Crippen molar-refractivity contribution in [1.29, 1.82) is 10.5 Å². The molecule has 0 bridgehead atoms. The molecule has 92 valence electrons. The summed E-state index contributed by atoms with van der Waals surface area (Å²) >= 11 is 3.27. The average molecular weight is 306 g/mol. The van der Waals surface area contributed by atoms with Gasteiger partial charge < -0.3 is 5.32 Å². The van der Waals surface area contributed by atoms with Gasteiger partial charge in [-0.05, 0) is 24.1 Å². The number of halogens is 1. The van der Waals surface area contributed by atoms with Crippen LogP contribution in [0.3, 0.4) is 0 Å². The summed E-state index contributed by atoms with van der Waals surface area (Å²) < 4.78 is 0.759. The Labute approximate surface area is 114 Å². The molecule has 5 heteroatoms. The predicted molar refractivity (Wildman–Crippen MR) is 71.4 cm³/mol. The molecule has 0 spiro atoms. The fourth-order valence-electron chi connectivity index (χ4n) is 1.44. The van der Waals surface area contributed by atoms with Gasteiger partial charge in [0.05, 0.1) is 17.3 Å². The maximum absolute atomic E-state index is 11.9. The van der Waals surface area contributed by atoms with E-state index in [1.807, 2.05) is 12.1 Å². The third kappa shape index (κ3) is 3.32. The largest absolute Gasteiger partial charge is 0.324 e. The first-order valence-corrected chi connectivity index (χ1v) is 6.19. The fourth-order valence-corrected chi connectivity index (χ4v) is 1.80. The smallest absolute Gasteiger partial charge is 0.242 e. The van der Waals surface area contributed by atoms with Gasteiger partial charge in [0, 0.05) is 4.47 Å². The Kier molecular flexibility index (Phi) is 4.88. The zero-order valence-electron chi connectivity index (χ0n) is 10.1. The van der Waals surface area contributed by atoms with Crippen molar-refractivity contribution in [3.05, 3.63) is 28.2 Å². The molecule has 1 atom stereocenters. The van der Waals surface area contributed by atoms with Gasteiger partial charge in [0.1, 0.15) is 12.0 Å². The van der Waals surface area contributed by atoms with Gasteiger partial charge in [-0.3, -0.25) is 4.79 Å². The van der Waals surface area contributed by atoms with Gasteiger partial charge in [-0.1, -0.05) is 29.8 Å². The molecule has 0 saturated carbocycles. The second kappa shape index (κ2) is 6.18.